The first-order valence-electron chi connectivity index (χ1n) is 6.08. The molecule has 100 valence electrons. The van der Waals surface area contributed by atoms with E-state index in [0.717, 1.165) is 0 Å². The molecule has 19 heavy (non-hydrogen) atoms. The molecular weight excluding hydrogens is 246 g/mol. The van der Waals surface area contributed by atoms with Gasteiger partial charge < -0.3 is 14.4 Å². The average molecular weight is 261 g/mol. The Morgan fingerprint density at radius 1 is 1.32 bits per heavy atom. The maximum Gasteiger partial charge on any atom is 0.299 e. The molecule has 0 bridgehead atoms. The van der Waals surface area contributed by atoms with Gasteiger partial charge >= 0.3 is 0 Å². The molecule has 0 saturated heterocycles. The van der Waals surface area contributed by atoms with Crippen LogP contribution < -0.4 is 9.64 Å². The van der Waals surface area contributed by atoms with Crippen LogP contribution in [0.5, 0.6) is 5.75 Å². The summed E-state index contributed by atoms with van der Waals surface area (Å²) in [4.78, 5) is 36.1. The predicted octanol–water partition coefficient (Wildman–Crippen LogP) is 1.59. The van der Waals surface area contributed by atoms with E-state index in [4.69, 9.17) is 4.74 Å². The predicted molar refractivity (Wildman–Crippen MR) is 69.6 cm³/mol. The van der Waals surface area contributed by atoms with Crippen LogP contribution in [0.15, 0.2) is 18.2 Å². The molecule has 1 aliphatic rings. The van der Waals surface area contributed by atoms with Crippen molar-refractivity contribution in [2.45, 2.75) is 19.8 Å². The van der Waals surface area contributed by atoms with Crippen LogP contribution in [0.3, 0.4) is 0 Å². The number of anilines is 1. The highest BCUT2D eigenvalue weighted by Gasteiger charge is 2.35. The number of fused-ring (bicyclic) bond motifs is 1. The molecule has 0 spiro atoms. The molecule has 1 aromatic rings. The van der Waals surface area contributed by atoms with Crippen molar-refractivity contribution in [3.63, 3.8) is 0 Å². The van der Waals surface area contributed by atoms with Crippen molar-refractivity contribution >= 4 is 23.2 Å². The highest BCUT2D eigenvalue weighted by Crippen LogP contribution is 2.32. The monoisotopic (exact) mass is 261 g/mol. The van der Waals surface area contributed by atoms with Crippen molar-refractivity contribution < 1.29 is 19.1 Å². The summed E-state index contributed by atoms with van der Waals surface area (Å²) in [7, 11) is 1.51. The van der Waals surface area contributed by atoms with E-state index < -0.39 is 11.7 Å². The Labute approximate surface area is 111 Å². The summed E-state index contributed by atoms with van der Waals surface area (Å²) < 4.78 is 5.04. The van der Waals surface area contributed by atoms with Gasteiger partial charge in [0.1, 0.15) is 11.5 Å². The lowest BCUT2D eigenvalue weighted by molar-refractivity contribution is -0.117. The van der Waals surface area contributed by atoms with Crippen molar-refractivity contribution in [3.05, 3.63) is 23.8 Å². The van der Waals surface area contributed by atoms with Crippen LogP contribution in [-0.2, 0) is 9.59 Å². The highest BCUT2D eigenvalue weighted by molar-refractivity contribution is 6.52. The number of nitrogens with zero attached hydrogens (tertiary/aromatic N) is 1. The largest absolute Gasteiger partial charge is 0.497 e. The van der Waals surface area contributed by atoms with Gasteiger partial charge in [-0.15, -0.1) is 0 Å². The van der Waals surface area contributed by atoms with Crippen molar-refractivity contribution in [1.29, 1.82) is 0 Å². The first kappa shape index (κ1) is 13.3. The zero-order valence-corrected chi connectivity index (χ0v) is 10.9. The third-order valence-corrected chi connectivity index (χ3v) is 3.09. The van der Waals surface area contributed by atoms with Gasteiger partial charge in [0.25, 0.3) is 11.7 Å². The van der Waals surface area contributed by atoms with Gasteiger partial charge in [-0.1, -0.05) is 0 Å². The van der Waals surface area contributed by atoms with E-state index in [1.807, 2.05) is 0 Å². The van der Waals surface area contributed by atoms with Crippen LogP contribution in [0, 0.1) is 0 Å². The van der Waals surface area contributed by atoms with Crippen LogP contribution in [0.2, 0.25) is 0 Å². The number of ether oxygens (including phenoxy) is 1. The molecule has 0 fully saturated rings. The quantitative estimate of drug-likeness (QED) is 0.755. The fraction of sp³-hybridized carbons (Fsp3) is 0.357. The second-order valence-corrected chi connectivity index (χ2v) is 4.47. The highest BCUT2D eigenvalue weighted by atomic mass is 16.5. The number of benzene rings is 1. The third-order valence-electron chi connectivity index (χ3n) is 3.09. The van der Waals surface area contributed by atoms with Gasteiger partial charge in [0.05, 0.1) is 18.4 Å². The van der Waals surface area contributed by atoms with Crippen molar-refractivity contribution in [2.24, 2.45) is 0 Å². The van der Waals surface area contributed by atoms with Crippen LogP contribution in [0.1, 0.15) is 30.1 Å². The van der Waals surface area contributed by atoms with E-state index in [0.29, 0.717) is 36.4 Å². The summed E-state index contributed by atoms with van der Waals surface area (Å²) in [6.45, 7) is 1.89. The summed E-state index contributed by atoms with van der Waals surface area (Å²) in [5.41, 5.74) is 0.964. The van der Waals surface area contributed by atoms with Gasteiger partial charge in [0.15, 0.2) is 0 Å². The minimum absolute atomic E-state index is 0.0768. The molecule has 5 heteroatoms. The lowest BCUT2D eigenvalue weighted by Crippen LogP contribution is -2.30. The van der Waals surface area contributed by atoms with Crippen LogP contribution in [-0.4, -0.2) is 31.1 Å². The Bertz CT molecular complexity index is 550. The number of rotatable bonds is 5. The summed E-state index contributed by atoms with van der Waals surface area (Å²) in [6.07, 6.45) is 0.962. The van der Waals surface area contributed by atoms with Crippen molar-refractivity contribution in [3.8, 4) is 5.75 Å². The minimum atomic E-state index is -0.535. The molecule has 0 aromatic heterocycles. The summed E-state index contributed by atoms with van der Waals surface area (Å²) in [5.74, 6) is -0.429. The molecule has 1 aliphatic heterocycles. The van der Waals surface area contributed by atoms with E-state index in [-0.39, 0.29) is 5.78 Å². The lowest BCUT2D eigenvalue weighted by Gasteiger charge is -2.16. The zero-order chi connectivity index (χ0) is 14.0. The number of methoxy groups -OCH3 is 1. The number of carbonyl (C=O) groups excluding carboxylic acids is 3. The molecule has 0 radical (unpaired) electrons. The van der Waals surface area contributed by atoms with Crippen LogP contribution in [0.25, 0.3) is 0 Å². The van der Waals surface area contributed by atoms with E-state index in [1.165, 1.54) is 18.9 Å². The van der Waals surface area contributed by atoms with Gasteiger partial charge in [0.2, 0.25) is 0 Å². The fourth-order valence-corrected chi connectivity index (χ4v) is 2.11. The van der Waals surface area contributed by atoms with Gasteiger partial charge in [-0.05, 0) is 31.5 Å². The number of hydrogen-bond donors (Lipinski definition) is 0. The van der Waals surface area contributed by atoms with Crippen LogP contribution >= 0.6 is 0 Å². The van der Waals surface area contributed by atoms with Crippen molar-refractivity contribution in [2.75, 3.05) is 18.6 Å². The zero-order valence-electron chi connectivity index (χ0n) is 10.9. The fourth-order valence-electron chi connectivity index (χ4n) is 2.11. The first-order chi connectivity index (χ1) is 9.04. The molecule has 1 aromatic carbocycles. The third kappa shape index (κ3) is 2.50. The van der Waals surface area contributed by atoms with E-state index >= 15 is 0 Å². The topological polar surface area (TPSA) is 63.7 Å². The van der Waals surface area contributed by atoms with Gasteiger partial charge in [-0.2, -0.15) is 0 Å². The van der Waals surface area contributed by atoms with Crippen LogP contribution in [0.4, 0.5) is 5.69 Å². The van der Waals surface area contributed by atoms with Gasteiger partial charge in [-0.3, -0.25) is 9.59 Å². The normalized spacial score (nSPS) is 13.7. The molecule has 0 N–H and O–H groups in total. The molecule has 0 unspecified atom stereocenters. The Kier molecular flexibility index (Phi) is 3.64. The Morgan fingerprint density at radius 2 is 2.05 bits per heavy atom. The molecule has 0 saturated carbocycles. The van der Waals surface area contributed by atoms with Gasteiger partial charge in [-0.25, -0.2) is 0 Å². The number of ketones is 2. The average Bonchev–Trinajstić information content (AvgIpc) is 2.63. The summed E-state index contributed by atoms with van der Waals surface area (Å²) >= 11 is 0. The standard InChI is InChI=1S/C14H15NO4/c1-9(16)4-3-7-15-12-6-5-10(19-2)8-11(12)13(17)14(15)18/h5-6,8H,3-4,7H2,1-2H3. The summed E-state index contributed by atoms with van der Waals surface area (Å²) in [5, 5.41) is 0. The number of Topliss-reactive ketones (excluding diaryl/α,β-unsaturated/α-hetero) is 2. The SMILES string of the molecule is COc1ccc2c(c1)C(=O)C(=O)N2CCCC(C)=O. The molecule has 0 atom stereocenters. The molecule has 1 heterocycles. The molecular formula is C14H15NO4. The Morgan fingerprint density at radius 3 is 2.68 bits per heavy atom. The number of amides is 1. The molecule has 0 aliphatic carbocycles. The smallest absolute Gasteiger partial charge is 0.299 e. The molecule has 1 amide bonds. The van der Waals surface area contributed by atoms with E-state index in [9.17, 15) is 14.4 Å². The maximum atomic E-state index is 11.9. The Hall–Kier alpha value is -2.17. The second-order valence-electron chi connectivity index (χ2n) is 4.47. The Balaban J connectivity index is 2.22. The van der Waals surface area contributed by atoms with Gasteiger partial charge in [0, 0.05) is 13.0 Å². The van der Waals surface area contributed by atoms with E-state index in [2.05, 4.69) is 0 Å². The molecule has 2 rings (SSSR count). The van der Waals surface area contributed by atoms with Crippen molar-refractivity contribution in [1.82, 2.24) is 0 Å². The number of carbonyl (C=O) groups is 3. The first-order valence-corrected chi connectivity index (χ1v) is 6.08. The lowest BCUT2D eigenvalue weighted by atomic mass is 10.1. The molecule has 5 nitrogen and oxygen atoms in total. The maximum absolute atomic E-state index is 11.9. The summed E-state index contributed by atoms with van der Waals surface area (Å²) in [6, 6.07) is 4.98. The number of hydrogen-bond acceptors (Lipinski definition) is 4. The second kappa shape index (κ2) is 5.22. The van der Waals surface area contributed by atoms with E-state index in [1.54, 1.807) is 18.2 Å². The minimum Gasteiger partial charge on any atom is -0.497 e.